The molecule has 59 heavy (non-hydrogen) atoms. The van der Waals surface area contributed by atoms with Crippen LogP contribution in [-0.2, 0) is 49.6 Å². The number of phenols is 1. The first kappa shape index (κ1) is 51.2. The van der Waals surface area contributed by atoms with E-state index in [4.69, 9.17) is 11.5 Å². The minimum Gasteiger partial charge on any atom is -0.508 e. The Hall–Kier alpha value is -5.83. The van der Waals surface area contributed by atoms with Crippen LogP contribution in [0.15, 0.2) is 24.3 Å². The molecule has 0 spiro atoms. The Morgan fingerprint density at radius 2 is 1.19 bits per heavy atom. The smallest absolute Gasteiger partial charge is 0.326 e. The molecule has 7 amide bonds. The number of unbranched alkanes of at least 4 members (excludes halogenated alkanes) is 1. The number of nitrogens with two attached hydrogens (primary N) is 2. The van der Waals surface area contributed by atoms with Crippen molar-refractivity contribution in [3.8, 4) is 5.75 Å². The van der Waals surface area contributed by atoms with Crippen molar-refractivity contribution in [3.63, 3.8) is 0 Å². The van der Waals surface area contributed by atoms with Crippen LogP contribution < -0.4 is 48.7 Å². The van der Waals surface area contributed by atoms with Crippen LogP contribution in [0.2, 0.25) is 0 Å². The number of hydrogen-bond acceptors (Lipinski definition) is 12. The summed E-state index contributed by atoms with van der Waals surface area (Å²) in [6, 6.07) is -2.18. The standard InChI is InChI=1S/C38H61N9O12/c1-6-20(3)31(40)36(56)42-18-28(49)44-27(17-30(51)52)35(55)46-26(16-23-11-13-24(48)14-12-23)34(54)43-22(5)33(53)41-19-29(50)47-32(21(4)7-2)37(57)45-25(38(58)59)10-8-9-15-39/h11-14,20-22,25-27,31-32,48H,6-10,15-19,39-40H2,1-5H3,(H,41,53)(H,42,56)(H,43,54)(H,44,49)(H,45,57)(H,46,55)(H,47,50)(H,51,52)(H,58,59)/t20?,21?,22-,25-,26-,27-,31-,32-/m0/s1. The first-order valence-corrected chi connectivity index (χ1v) is 19.5. The van der Waals surface area contributed by atoms with Crippen LogP contribution in [-0.4, -0.2) is 124 Å². The molecule has 1 aromatic rings. The Kier molecular flexibility index (Phi) is 22.8. The molecule has 1 rings (SSSR count). The Balaban J connectivity index is 3.05. The van der Waals surface area contributed by atoms with Crippen LogP contribution in [0.4, 0.5) is 0 Å². The topological polar surface area (TPSA) is 351 Å². The van der Waals surface area contributed by atoms with Gasteiger partial charge in [0.1, 0.15) is 36.0 Å². The Morgan fingerprint density at radius 3 is 1.73 bits per heavy atom. The number of carbonyl (C=O) groups is 9. The predicted molar refractivity (Wildman–Crippen MR) is 213 cm³/mol. The van der Waals surface area contributed by atoms with Gasteiger partial charge in [0.15, 0.2) is 0 Å². The zero-order valence-corrected chi connectivity index (χ0v) is 34.2. The van der Waals surface area contributed by atoms with E-state index in [9.17, 15) is 58.5 Å². The van der Waals surface area contributed by atoms with Crippen molar-refractivity contribution < 1.29 is 58.5 Å². The number of aromatic hydroxyl groups is 1. The van der Waals surface area contributed by atoms with Crippen LogP contribution in [0.5, 0.6) is 5.75 Å². The average molecular weight is 836 g/mol. The van der Waals surface area contributed by atoms with E-state index < -0.39 is 115 Å². The van der Waals surface area contributed by atoms with E-state index in [0.717, 1.165) is 0 Å². The van der Waals surface area contributed by atoms with Gasteiger partial charge in [0.2, 0.25) is 41.4 Å². The largest absolute Gasteiger partial charge is 0.508 e. The third-order valence-electron chi connectivity index (χ3n) is 9.57. The van der Waals surface area contributed by atoms with E-state index >= 15 is 0 Å². The van der Waals surface area contributed by atoms with Crippen molar-refractivity contribution in [2.24, 2.45) is 23.3 Å². The van der Waals surface area contributed by atoms with Gasteiger partial charge in [-0.2, -0.15) is 0 Å². The lowest BCUT2D eigenvalue weighted by Crippen LogP contribution is -2.58. The summed E-state index contributed by atoms with van der Waals surface area (Å²) >= 11 is 0. The maximum Gasteiger partial charge on any atom is 0.326 e. The number of hydrogen-bond donors (Lipinski definition) is 12. The number of carboxylic acid groups (broad SMARTS) is 2. The van der Waals surface area contributed by atoms with Crippen molar-refractivity contribution in [2.75, 3.05) is 19.6 Å². The van der Waals surface area contributed by atoms with Crippen LogP contribution in [0.1, 0.15) is 78.7 Å². The number of rotatable bonds is 27. The van der Waals surface area contributed by atoms with E-state index in [1.54, 1.807) is 20.8 Å². The van der Waals surface area contributed by atoms with Crippen molar-refractivity contribution in [3.05, 3.63) is 29.8 Å². The number of carboxylic acids is 2. The summed E-state index contributed by atoms with van der Waals surface area (Å²) in [5.74, 6) is -9.31. The molecule has 21 heteroatoms. The number of phenolic OH excluding ortho intramolecular Hbond substituents is 1. The monoisotopic (exact) mass is 835 g/mol. The third kappa shape index (κ3) is 19.0. The maximum atomic E-state index is 13.5. The molecule has 8 atom stereocenters. The zero-order valence-electron chi connectivity index (χ0n) is 34.2. The van der Waals surface area contributed by atoms with Gasteiger partial charge in [-0.05, 0) is 62.3 Å². The van der Waals surface area contributed by atoms with E-state index in [2.05, 4.69) is 37.2 Å². The molecular formula is C38H61N9O12. The molecular weight excluding hydrogens is 774 g/mol. The van der Waals surface area contributed by atoms with Gasteiger partial charge in [0.25, 0.3) is 0 Å². The molecule has 14 N–H and O–H groups in total. The normalized spacial score (nSPS) is 15.0. The molecule has 0 saturated heterocycles. The van der Waals surface area contributed by atoms with Gasteiger partial charge in [0, 0.05) is 6.42 Å². The van der Waals surface area contributed by atoms with Gasteiger partial charge in [-0.25, -0.2) is 4.79 Å². The van der Waals surface area contributed by atoms with Crippen LogP contribution in [0.3, 0.4) is 0 Å². The summed E-state index contributed by atoms with van der Waals surface area (Å²) in [6.45, 7) is 7.41. The molecule has 330 valence electrons. The SMILES string of the molecule is CCC(C)[C@H](N)C(=O)NCC(=O)N[C@@H](CC(=O)O)C(=O)N[C@@H](Cc1ccc(O)cc1)C(=O)N[C@@H](C)C(=O)NCC(=O)N[C@H](C(=O)N[C@@H](CCCCN)C(=O)O)C(C)CC. The summed E-state index contributed by atoms with van der Waals surface area (Å²) in [4.78, 5) is 114. The molecule has 0 saturated carbocycles. The van der Waals surface area contributed by atoms with Gasteiger partial charge < -0.3 is 64.0 Å². The second kappa shape index (κ2) is 26.2. The highest BCUT2D eigenvalue weighted by Gasteiger charge is 2.32. The summed E-state index contributed by atoms with van der Waals surface area (Å²) < 4.78 is 0. The Labute approximate surface area is 342 Å². The Morgan fingerprint density at radius 1 is 0.644 bits per heavy atom. The molecule has 0 aliphatic rings. The number of carbonyl (C=O) groups excluding carboxylic acids is 7. The number of aliphatic carboxylic acids is 2. The van der Waals surface area contributed by atoms with Crippen LogP contribution >= 0.6 is 0 Å². The van der Waals surface area contributed by atoms with E-state index in [1.807, 2.05) is 6.92 Å². The quantitative estimate of drug-likeness (QED) is 0.0416. The van der Waals surface area contributed by atoms with E-state index in [0.29, 0.717) is 37.8 Å². The lowest BCUT2D eigenvalue weighted by Gasteiger charge is -2.26. The molecule has 1 aromatic carbocycles. The van der Waals surface area contributed by atoms with Crippen LogP contribution in [0.25, 0.3) is 0 Å². The van der Waals surface area contributed by atoms with Gasteiger partial charge in [-0.15, -0.1) is 0 Å². The average Bonchev–Trinajstić information content (AvgIpc) is 3.19. The summed E-state index contributed by atoms with van der Waals surface area (Å²) in [5.41, 5.74) is 11.8. The summed E-state index contributed by atoms with van der Waals surface area (Å²) in [7, 11) is 0. The van der Waals surface area contributed by atoms with Gasteiger partial charge in [-0.1, -0.05) is 52.7 Å². The number of nitrogens with one attached hydrogen (secondary N) is 7. The lowest BCUT2D eigenvalue weighted by molar-refractivity contribution is -0.143. The van der Waals surface area contributed by atoms with E-state index in [-0.39, 0.29) is 24.5 Å². The van der Waals surface area contributed by atoms with Gasteiger partial charge in [-0.3, -0.25) is 38.4 Å². The predicted octanol–water partition coefficient (Wildman–Crippen LogP) is -2.28. The van der Waals surface area contributed by atoms with E-state index in [1.165, 1.54) is 31.2 Å². The summed E-state index contributed by atoms with van der Waals surface area (Å²) in [6.07, 6.45) is 1.06. The summed E-state index contributed by atoms with van der Waals surface area (Å²) in [5, 5.41) is 45.4. The molecule has 0 radical (unpaired) electrons. The molecule has 0 aliphatic heterocycles. The molecule has 0 bridgehead atoms. The van der Waals surface area contributed by atoms with Crippen molar-refractivity contribution >= 4 is 53.3 Å². The first-order chi connectivity index (χ1) is 27.7. The van der Waals surface area contributed by atoms with Crippen molar-refractivity contribution in [1.82, 2.24) is 37.2 Å². The highest BCUT2D eigenvalue weighted by molar-refractivity contribution is 5.97. The third-order valence-corrected chi connectivity index (χ3v) is 9.57. The maximum absolute atomic E-state index is 13.5. The fourth-order valence-corrected chi connectivity index (χ4v) is 5.41. The molecule has 21 nitrogen and oxygen atoms in total. The lowest BCUT2D eigenvalue weighted by atomic mass is 9.97. The molecule has 0 aromatic heterocycles. The minimum atomic E-state index is -1.71. The fourth-order valence-electron chi connectivity index (χ4n) is 5.41. The van der Waals surface area contributed by atoms with Gasteiger partial charge in [0.05, 0.1) is 25.6 Å². The fraction of sp³-hybridized carbons (Fsp3) is 0.605. The van der Waals surface area contributed by atoms with Crippen LogP contribution in [0, 0.1) is 11.8 Å². The zero-order chi connectivity index (χ0) is 44.8. The Bertz CT molecular complexity index is 1610. The second-order valence-electron chi connectivity index (χ2n) is 14.3. The minimum absolute atomic E-state index is 0.0894. The second-order valence-corrected chi connectivity index (χ2v) is 14.3. The number of amides is 7. The number of benzene rings is 1. The molecule has 0 aliphatic carbocycles. The highest BCUT2D eigenvalue weighted by atomic mass is 16.4. The first-order valence-electron chi connectivity index (χ1n) is 19.5. The molecule has 2 unspecified atom stereocenters. The van der Waals surface area contributed by atoms with Crippen molar-refractivity contribution in [2.45, 2.75) is 116 Å². The molecule has 0 fully saturated rings. The highest BCUT2D eigenvalue weighted by Crippen LogP contribution is 2.13. The van der Waals surface area contributed by atoms with Crippen molar-refractivity contribution in [1.29, 1.82) is 0 Å². The molecule has 0 heterocycles. The van der Waals surface area contributed by atoms with Gasteiger partial charge >= 0.3 is 11.9 Å².